The van der Waals surface area contributed by atoms with Gasteiger partial charge in [-0.2, -0.15) is 0 Å². The van der Waals surface area contributed by atoms with Crippen LogP contribution in [0.2, 0.25) is 0 Å². The SMILES string of the molecule is CN(CC1CCC1)C1=NCC(CBr)S1. The van der Waals surface area contributed by atoms with Crippen molar-refractivity contribution in [2.24, 2.45) is 10.9 Å². The molecule has 0 amide bonds. The van der Waals surface area contributed by atoms with Crippen LogP contribution >= 0.6 is 27.7 Å². The highest BCUT2D eigenvalue weighted by Gasteiger charge is 2.25. The Kier molecular flexibility index (Phi) is 3.77. The van der Waals surface area contributed by atoms with Gasteiger partial charge in [0.15, 0.2) is 5.17 Å². The van der Waals surface area contributed by atoms with Crippen LogP contribution in [0.3, 0.4) is 0 Å². The molecule has 0 radical (unpaired) electrons. The minimum atomic E-state index is 0.661. The average molecular weight is 277 g/mol. The van der Waals surface area contributed by atoms with Crippen LogP contribution in [0, 0.1) is 5.92 Å². The van der Waals surface area contributed by atoms with Gasteiger partial charge >= 0.3 is 0 Å². The molecule has 1 fully saturated rings. The fourth-order valence-electron chi connectivity index (χ4n) is 1.84. The number of hydrogen-bond acceptors (Lipinski definition) is 3. The highest BCUT2D eigenvalue weighted by Crippen LogP contribution is 2.29. The summed E-state index contributed by atoms with van der Waals surface area (Å²) < 4.78 is 0. The Hall–Kier alpha value is 0.300. The molecule has 2 rings (SSSR count). The number of aliphatic imine (C=N–C) groups is 1. The molecule has 1 aliphatic heterocycles. The number of alkyl halides is 1. The van der Waals surface area contributed by atoms with Crippen molar-refractivity contribution >= 4 is 32.9 Å². The van der Waals surface area contributed by atoms with Gasteiger partial charge in [-0.3, -0.25) is 4.99 Å². The quantitative estimate of drug-likeness (QED) is 0.737. The predicted molar refractivity (Wildman–Crippen MR) is 67.4 cm³/mol. The van der Waals surface area contributed by atoms with Gasteiger partial charge in [0.2, 0.25) is 0 Å². The van der Waals surface area contributed by atoms with Gasteiger partial charge in [-0.25, -0.2) is 0 Å². The lowest BCUT2D eigenvalue weighted by atomic mass is 9.85. The summed E-state index contributed by atoms with van der Waals surface area (Å²) in [6.07, 6.45) is 4.27. The minimum Gasteiger partial charge on any atom is -0.354 e. The van der Waals surface area contributed by atoms with Gasteiger partial charge in [-0.15, -0.1) is 0 Å². The molecule has 80 valence electrons. The number of amidine groups is 1. The van der Waals surface area contributed by atoms with E-state index < -0.39 is 0 Å². The molecular formula is C10H17BrN2S. The van der Waals surface area contributed by atoms with Gasteiger partial charge in [0.05, 0.1) is 6.54 Å². The van der Waals surface area contributed by atoms with Crippen molar-refractivity contribution in [3.63, 3.8) is 0 Å². The zero-order chi connectivity index (χ0) is 9.97. The van der Waals surface area contributed by atoms with Crippen molar-refractivity contribution in [2.45, 2.75) is 24.5 Å². The molecule has 1 atom stereocenters. The number of halogens is 1. The zero-order valence-corrected chi connectivity index (χ0v) is 11.0. The van der Waals surface area contributed by atoms with Crippen molar-refractivity contribution in [3.05, 3.63) is 0 Å². The van der Waals surface area contributed by atoms with E-state index in [-0.39, 0.29) is 0 Å². The van der Waals surface area contributed by atoms with Gasteiger partial charge in [0.25, 0.3) is 0 Å². The maximum Gasteiger partial charge on any atom is 0.159 e. The fraction of sp³-hybridized carbons (Fsp3) is 0.900. The Bertz CT molecular complexity index is 228. The zero-order valence-electron chi connectivity index (χ0n) is 8.58. The Labute approximate surface area is 98.7 Å². The molecule has 0 saturated heterocycles. The molecule has 2 aliphatic rings. The van der Waals surface area contributed by atoms with E-state index in [1.54, 1.807) is 0 Å². The van der Waals surface area contributed by atoms with E-state index in [0.29, 0.717) is 5.25 Å². The molecule has 0 aromatic heterocycles. The van der Waals surface area contributed by atoms with Crippen LogP contribution < -0.4 is 0 Å². The summed E-state index contributed by atoms with van der Waals surface area (Å²) in [5.74, 6) is 0.936. The van der Waals surface area contributed by atoms with E-state index in [1.807, 2.05) is 11.8 Å². The van der Waals surface area contributed by atoms with Gasteiger partial charge in [-0.05, 0) is 18.8 Å². The van der Waals surface area contributed by atoms with Gasteiger partial charge in [0.1, 0.15) is 0 Å². The first-order chi connectivity index (χ1) is 6.79. The molecule has 4 heteroatoms. The molecule has 0 aromatic carbocycles. The van der Waals surface area contributed by atoms with E-state index in [4.69, 9.17) is 0 Å². The lowest BCUT2D eigenvalue weighted by Gasteiger charge is -2.30. The van der Waals surface area contributed by atoms with Gasteiger partial charge < -0.3 is 4.90 Å². The third-order valence-electron chi connectivity index (χ3n) is 2.96. The van der Waals surface area contributed by atoms with E-state index >= 15 is 0 Å². The second-order valence-corrected chi connectivity index (χ2v) is 6.11. The first-order valence-corrected chi connectivity index (χ1v) is 7.28. The second kappa shape index (κ2) is 4.88. The number of thioether (sulfide) groups is 1. The predicted octanol–water partition coefficient (Wildman–Crippen LogP) is 2.58. The van der Waals surface area contributed by atoms with E-state index in [1.165, 1.54) is 31.0 Å². The van der Waals surface area contributed by atoms with Crippen LogP contribution in [0.5, 0.6) is 0 Å². The number of nitrogens with zero attached hydrogens (tertiary/aromatic N) is 2. The number of rotatable bonds is 3. The summed E-state index contributed by atoms with van der Waals surface area (Å²) in [5, 5.41) is 2.97. The first-order valence-electron chi connectivity index (χ1n) is 5.28. The van der Waals surface area contributed by atoms with Crippen molar-refractivity contribution in [1.82, 2.24) is 4.90 Å². The van der Waals surface area contributed by atoms with Crippen molar-refractivity contribution in [1.29, 1.82) is 0 Å². The summed E-state index contributed by atoms with van der Waals surface area (Å²) in [4.78, 5) is 6.92. The average Bonchev–Trinajstić information content (AvgIpc) is 2.59. The van der Waals surface area contributed by atoms with Crippen LogP contribution in [0.15, 0.2) is 4.99 Å². The normalized spacial score (nSPS) is 27.3. The third-order valence-corrected chi connectivity index (χ3v) is 5.47. The van der Waals surface area contributed by atoms with Crippen LogP contribution in [0.25, 0.3) is 0 Å². The Balaban J connectivity index is 1.77. The smallest absolute Gasteiger partial charge is 0.159 e. The molecule has 14 heavy (non-hydrogen) atoms. The summed E-state index contributed by atoms with van der Waals surface area (Å²) in [7, 11) is 2.18. The monoisotopic (exact) mass is 276 g/mol. The van der Waals surface area contributed by atoms with Crippen LogP contribution in [0.4, 0.5) is 0 Å². The molecule has 0 N–H and O–H groups in total. The molecule has 0 bridgehead atoms. The first kappa shape index (κ1) is 10.8. The maximum absolute atomic E-state index is 4.57. The van der Waals surface area contributed by atoms with Crippen LogP contribution in [-0.2, 0) is 0 Å². The molecule has 0 spiro atoms. The Morgan fingerprint density at radius 2 is 2.36 bits per heavy atom. The third kappa shape index (κ3) is 2.45. The van der Waals surface area contributed by atoms with Gasteiger partial charge in [-0.1, -0.05) is 34.1 Å². The lowest BCUT2D eigenvalue weighted by molar-refractivity contribution is 0.260. The fourth-order valence-corrected chi connectivity index (χ4v) is 3.35. The van der Waals surface area contributed by atoms with Crippen LogP contribution in [-0.4, -0.2) is 40.8 Å². The van der Waals surface area contributed by atoms with Crippen LogP contribution in [0.1, 0.15) is 19.3 Å². The molecule has 1 saturated carbocycles. The molecule has 1 aliphatic carbocycles. The van der Waals surface area contributed by atoms with Crippen molar-refractivity contribution in [2.75, 3.05) is 25.5 Å². The van der Waals surface area contributed by atoms with E-state index in [9.17, 15) is 0 Å². The molecular weight excluding hydrogens is 260 g/mol. The van der Waals surface area contributed by atoms with E-state index in [2.05, 4.69) is 32.9 Å². The minimum absolute atomic E-state index is 0.661. The van der Waals surface area contributed by atoms with Gasteiger partial charge in [0, 0.05) is 24.2 Å². The summed E-state index contributed by atoms with van der Waals surface area (Å²) in [5.41, 5.74) is 0. The maximum atomic E-state index is 4.57. The highest BCUT2D eigenvalue weighted by molar-refractivity contribution is 9.09. The van der Waals surface area contributed by atoms with E-state index in [0.717, 1.165) is 17.8 Å². The molecule has 2 nitrogen and oxygen atoms in total. The van der Waals surface area contributed by atoms with Crippen molar-refractivity contribution < 1.29 is 0 Å². The van der Waals surface area contributed by atoms with Crippen molar-refractivity contribution in [3.8, 4) is 0 Å². The Morgan fingerprint density at radius 1 is 1.57 bits per heavy atom. The highest BCUT2D eigenvalue weighted by atomic mass is 79.9. The molecule has 0 aromatic rings. The largest absolute Gasteiger partial charge is 0.354 e. The molecule has 1 unspecified atom stereocenters. The summed E-state index contributed by atoms with van der Waals surface area (Å²) >= 11 is 5.44. The Morgan fingerprint density at radius 3 is 2.86 bits per heavy atom. The molecule has 1 heterocycles. The lowest BCUT2D eigenvalue weighted by Crippen LogP contribution is -2.32. The topological polar surface area (TPSA) is 15.6 Å². The summed E-state index contributed by atoms with van der Waals surface area (Å²) in [6, 6.07) is 0. The summed E-state index contributed by atoms with van der Waals surface area (Å²) in [6.45, 7) is 2.20. The number of hydrogen-bond donors (Lipinski definition) is 0. The second-order valence-electron chi connectivity index (χ2n) is 4.19. The standard InChI is InChI=1S/C10H17BrN2S/c1-13(7-8-3-2-4-8)10-12-6-9(5-11)14-10/h8-9H,2-7H2,1H3.